The smallest absolute Gasteiger partial charge is 0.392 e. The molecule has 2 nitrogen and oxygen atoms in total. The third kappa shape index (κ3) is 3.11. The molecule has 0 aliphatic carbocycles. The predicted octanol–water partition coefficient (Wildman–Crippen LogP) is 2.58. The van der Waals surface area contributed by atoms with Gasteiger partial charge in [0, 0.05) is 0 Å². The quantitative estimate of drug-likeness (QED) is 0.843. The van der Waals surface area contributed by atoms with Crippen LogP contribution in [0.3, 0.4) is 0 Å². The Hall–Kier alpha value is -1.80. The lowest BCUT2D eigenvalue weighted by molar-refractivity contribution is -0.137. The SMILES string of the molecule is N#Cc1cc(C=CCO)cc(C(F)(F)F)c1. The van der Waals surface area contributed by atoms with Crippen LogP contribution in [0.5, 0.6) is 0 Å². The zero-order valence-corrected chi connectivity index (χ0v) is 8.12. The van der Waals surface area contributed by atoms with Crippen LogP contribution in [0.25, 0.3) is 6.08 Å². The van der Waals surface area contributed by atoms with Crippen molar-refractivity contribution >= 4 is 6.08 Å². The summed E-state index contributed by atoms with van der Waals surface area (Å²) in [6, 6.07) is 4.69. The normalized spacial score (nSPS) is 11.7. The van der Waals surface area contributed by atoms with Crippen LogP contribution in [0.15, 0.2) is 24.3 Å². The molecule has 84 valence electrons. The average molecular weight is 227 g/mol. The Bertz CT molecular complexity index is 444. The number of halogens is 3. The molecule has 0 unspecified atom stereocenters. The third-order valence-electron chi connectivity index (χ3n) is 1.83. The highest BCUT2D eigenvalue weighted by molar-refractivity contribution is 5.54. The van der Waals surface area contributed by atoms with Crippen molar-refractivity contribution < 1.29 is 18.3 Å². The molecule has 0 atom stereocenters. The van der Waals surface area contributed by atoms with Gasteiger partial charge in [-0.2, -0.15) is 18.4 Å². The Kier molecular flexibility index (Phi) is 3.69. The van der Waals surface area contributed by atoms with Crippen LogP contribution in [0.1, 0.15) is 16.7 Å². The molecule has 0 saturated carbocycles. The van der Waals surface area contributed by atoms with Gasteiger partial charge in [0.2, 0.25) is 0 Å². The van der Waals surface area contributed by atoms with E-state index in [1.807, 2.05) is 0 Å². The zero-order chi connectivity index (χ0) is 12.2. The minimum absolute atomic E-state index is 0.0626. The number of aliphatic hydroxyl groups excluding tert-OH is 1. The summed E-state index contributed by atoms with van der Waals surface area (Å²) < 4.78 is 37.3. The highest BCUT2D eigenvalue weighted by atomic mass is 19.4. The molecule has 0 radical (unpaired) electrons. The Labute approximate surface area is 90.2 Å². The first-order chi connectivity index (χ1) is 7.47. The number of benzene rings is 1. The summed E-state index contributed by atoms with van der Waals surface area (Å²) in [6.07, 6.45) is -1.85. The maximum Gasteiger partial charge on any atom is 0.416 e. The molecule has 0 spiro atoms. The fourth-order valence-electron chi connectivity index (χ4n) is 1.16. The Morgan fingerprint density at radius 2 is 2.00 bits per heavy atom. The van der Waals surface area contributed by atoms with Gasteiger partial charge < -0.3 is 5.11 Å². The van der Waals surface area contributed by atoms with Crippen LogP contribution < -0.4 is 0 Å². The molecule has 0 aliphatic rings. The van der Waals surface area contributed by atoms with Crippen molar-refractivity contribution in [2.75, 3.05) is 6.61 Å². The minimum atomic E-state index is -4.48. The van der Waals surface area contributed by atoms with Crippen molar-refractivity contribution in [3.05, 3.63) is 41.0 Å². The molecule has 0 fully saturated rings. The third-order valence-corrected chi connectivity index (χ3v) is 1.83. The largest absolute Gasteiger partial charge is 0.416 e. The van der Waals surface area contributed by atoms with Gasteiger partial charge in [0.1, 0.15) is 0 Å². The molecule has 0 heterocycles. The predicted molar refractivity (Wildman–Crippen MR) is 52.3 cm³/mol. The molecule has 0 aliphatic heterocycles. The van der Waals surface area contributed by atoms with Crippen LogP contribution in [0.2, 0.25) is 0 Å². The van der Waals surface area contributed by atoms with Crippen LogP contribution in [0.4, 0.5) is 13.2 Å². The van der Waals surface area contributed by atoms with Gasteiger partial charge in [-0.15, -0.1) is 0 Å². The van der Waals surface area contributed by atoms with Crippen LogP contribution in [-0.2, 0) is 6.18 Å². The van der Waals surface area contributed by atoms with E-state index >= 15 is 0 Å². The first kappa shape index (κ1) is 12.3. The topological polar surface area (TPSA) is 44.0 Å². The summed E-state index contributed by atoms with van der Waals surface area (Å²) >= 11 is 0. The minimum Gasteiger partial charge on any atom is -0.392 e. The van der Waals surface area contributed by atoms with Crippen molar-refractivity contribution in [3.63, 3.8) is 0 Å². The summed E-state index contributed by atoms with van der Waals surface area (Å²) in [7, 11) is 0. The van der Waals surface area contributed by atoms with Gasteiger partial charge in [0.25, 0.3) is 0 Å². The number of nitrogens with zero attached hydrogens (tertiary/aromatic N) is 1. The van der Waals surface area contributed by atoms with Crippen LogP contribution >= 0.6 is 0 Å². The van der Waals surface area contributed by atoms with E-state index in [9.17, 15) is 13.2 Å². The summed E-state index contributed by atoms with van der Waals surface area (Å²) in [4.78, 5) is 0. The van der Waals surface area contributed by atoms with Gasteiger partial charge in [0.15, 0.2) is 0 Å². The standard InChI is InChI=1S/C11H8F3NO/c12-11(13,14)10-5-8(2-1-3-16)4-9(6-10)7-15/h1-2,4-6,16H,3H2. The summed E-state index contributed by atoms with van der Waals surface area (Å²) in [5.41, 5.74) is -0.697. The molecule has 1 aromatic rings. The van der Waals surface area contributed by atoms with Gasteiger partial charge in [-0.25, -0.2) is 0 Å². The fraction of sp³-hybridized carbons (Fsp3) is 0.182. The van der Waals surface area contributed by atoms with E-state index < -0.39 is 11.7 Å². The molecule has 1 N–H and O–H groups in total. The van der Waals surface area contributed by atoms with E-state index in [0.29, 0.717) is 0 Å². The number of aliphatic hydroxyl groups is 1. The van der Waals surface area contributed by atoms with E-state index in [1.54, 1.807) is 6.07 Å². The summed E-state index contributed by atoms with van der Waals surface area (Å²) in [5, 5.41) is 17.1. The lowest BCUT2D eigenvalue weighted by atomic mass is 10.1. The molecule has 0 amide bonds. The maximum atomic E-state index is 12.4. The Morgan fingerprint density at radius 3 is 2.50 bits per heavy atom. The summed E-state index contributed by atoms with van der Waals surface area (Å²) in [5.74, 6) is 0. The molecule has 0 aromatic heterocycles. The van der Waals surface area contributed by atoms with E-state index in [4.69, 9.17) is 10.4 Å². The molecular weight excluding hydrogens is 219 g/mol. The monoisotopic (exact) mass is 227 g/mol. The van der Waals surface area contributed by atoms with Crippen molar-refractivity contribution in [1.29, 1.82) is 5.26 Å². The van der Waals surface area contributed by atoms with E-state index in [2.05, 4.69) is 0 Å². The fourth-order valence-corrected chi connectivity index (χ4v) is 1.16. The van der Waals surface area contributed by atoms with Crippen molar-refractivity contribution in [2.45, 2.75) is 6.18 Å². The molecule has 0 saturated heterocycles. The Morgan fingerprint density at radius 1 is 1.31 bits per heavy atom. The lowest BCUT2D eigenvalue weighted by Crippen LogP contribution is -2.05. The van der Waals surface area contributed by atoms with E-state index in [-0.39, 0.29) is 17.7 Å². The van der Waals surface area contributed by atoms with Gasteiger partial charge in [0.05, 0.1) is 23.8 Å². The Balaban J connectivity index is 3.23. The van der Waals surface area contributed by atoms with Crippen molar-refractivity contribution in [1.82, 2.24) is 0 Å². The number of nitriles is 1. The molecule has 5 heteroatoms. The van der Waals surface area contributed by atoms with Crippen molar-refractivity contribution in [3.8, 4) is 6.07 Å². The molecular formula is C11H8F3NO. The van der Waals surface area contributed by atoms with E-state index in [1.165, 1.54) is 18.2 Å². The second kappa shape index (κ2) is 4.81. The van der Waals surface area contributed by atoms with Crippen LogP contribution in [0, 0.1) is 11.3 Å². The van der Waals surface area contributed by atoms with Gasteiger partial charge in [-0.1, -0.05) is 12.2 Å². The van der Waals surface area contributed by atoms with Crippen molar-refractivity contribution in [2.24, 2.45) is 0 Å². The number of rotatable bonds is 2. The second-order valence-electron chi connectivity index (χ2n) is 3.04. The molecule has 1 rings (SSSR count). The zero-order valence-electron chi connectivity index (χ0n) is 8.12. The van der Waals surface area contributed by atoms with E-state index in [0.717, 1.165) is 12.1 Å². The van der Waals surface area contributed by atoms with Crippen LogP contribution in [-0.4, -0.2) is 11.7 Å². The first-order valence-electron chi connectivity index (χ1n) is 4.37. The maximum absolute atomic E-state index is 12.4. The highest BCUT2D eigenvalue weighted by Gasteiger charge is 2.30. The average Bonchev–Trinajstić information content (AvgIpc) is 2.24. The highest BCUT2D eigenvalue weighted by Crippen LogP contribution is 2.30. The van der Waals surface area contributed by atoms with Gasteiger partial charge >= 0.3 is 6.18 Å². The summed E-state index contributed by atoms with van der Waals surface area (Å²) in [6.45, 7) is -0.266. The molecule has 0 bridgehead atoms. The first-order valence-corrected chi connectivity index (χ1v) is 4.37. The second-order valence-corrected chi connectivity index (χ2v) is 3.04. The van der Waals surface area contributed by atoms with Gasteiger partial charge in [-0.3, -0.25) is 0 Å². The number of hydrogen-bond donors (Lipinski definition) is 1. The number of hydrogen-bond acceptors (Lipinski definition) is 2. The lowest BCUT2D eigenvalue weighted by Gasteiger charge is -2.07. The number of alkyl halides is 3. The molecule has 1 aromatic carbocycles. The van der Waals surface area contributed by atoms with Gasteiger partial charge in [-0.05, 0) is 23.8 Å². The molecule has 16 heavy (non-hydrogen) atoms.